The van der Waals surface area contributed by atoms with E-state index in [1.54, 1.807) is 19.1 Å². The molecule has 0 radical (unpaired) electrons. The number of ether oxygens (including phenoxy) is 6. The molecule has 2 atom stereocenters. The number of halogens is 1. The van der Waals surface area contributed by atoms with Crippen LogP contribution >= 0.6 is 0 Å². The molecule has 2 aromatic carbocycles. The fourth-order valence-electron chi connectivity index (χ4n) is 7.36. The van der Waals surface area contributed by atoms with Crippen molar-refractivity contribution in [3.05, 3.63) is 73.6 Å². The van der Waals surface area contributed by atoms with Crippen molar-refractivity contribution in [2.24, 2.45) is 17.6 Å². The first-order valence-corrected chi connectivity index (χ1v) is 21.0. The number of carbonyl (C=O) groups is 2. The van der Waals surface area contributed by atoms with Crippen molar-refractivity contribution < 1.29 is 52.2 Å². The zero-order valence-electron chi connectivity index (χ0n) is 34.3. The number of nitrogens with zero attached hydrogens (tertiary/aromatic N) is 2. The summed E-state index contributed by atoms with van der Waals surface area (Å²) >= 11 is 0. The highest BCUT2D eigenvalue weighted by Crippen LogP contribution is 2.32. The van der Waals surface area contributed by atoms with Crippen molar-refractivity contribution in [2.45, 2.75) is 142 Å². The number of carbonyl (C=O) groups excluding carboxylic acids is 2. The van der Waals surface area contributed by atoms with Gasteiger partial charge in [-0.2, -0.15) is 4.39 Å². The first kappa shape index (κ1) is 47.4. The van der Waals surface area contributed by atoms with Gasteiger partial charge in [0.05, 0.1) is 48.1 Å². The molecule has 6 rings (SSSR count). The Morgan fingerprint density at radius 3 is 1.64 bits per heavy atom. The number of anilines is 1. The molecule has 2 aliphatic carbocycles. The lowest BCUT2D eigenvalue weighted by Crippen LogP contribution is -2.30. The third-order valence-electron chi connectivity index (χ3n) is 10.7. The molecule has 2 aromatic rings. The number of hydrogen-bond acceptors (Lipinski definition) is 14. The van der Waals surface area contributed by atoms with Crippen LogP contribution in [0.4, 0.5) is 21.5 Å². The predicted octanol–water partition coefficient (Wildman–Crippen LogP) is 8.02. The minimum absolute atomic E-state index is 0.0376. The quantitative estimate of drug-likeness (QED) is 0.105. The molecule has 0 bridgehead atoms. The van der Waals surface area contributed by atoms with E-state index >= 15 is 0 Å². The van der Waals surface area contributed by atoms with Crippen molar-refractivity contribution >= 4 is 29.0 Å². The Balaban J connectivity index is 0.000000217. The lowest BCUT2D eigenvalue weighted by Gasteiger charge is -2.28. The van der Waals surface area contributed by atoms with Gasteiger partial charge >= 0.3 is 17.6 Å². The van der Waals surface area contributed by atoms with E-state index < -0.39 is 16.4 Å². The highest BCUT2D eigenvalue weighted by Gasteiger charge is 2.29. The molecule has 2 saturated carbocycles. The van der Waals surface area contributed by atoms with Crippen molar-refractivity contribution in [1.29, 1.82) is 0 Å². The molecule has 16 nitrogen and oxygen atoms in total. The van der Waals surface area contributed by atoms with Gasteiger partial charge in [-0.15, -0.1) is 0 Å². The Morgan fingerprint density at radius 1 is 0.712 bits per heavy atom. The van der Waals surface area contributed by atoms with Crippen LogP contribution in [0.5, 0.6) is 0 Å². The maximum atomic E-state index is 13.1. The highest BCUT2D eigenvalue weighted by atomic mass is 19.1. The number of nitrogens with two attached hydrogens (primary N) is 1. The summed E-state index contributed by atoms with van der Waals surface area (Å²) in [6.45, 7) is 6.38. The summed E-state index contributed by atoms with van der Waals surface area (Å²) < 4.78 is 45.3. The number of benzene rings is 2. The van der Waals surface area contributed by atoms with E-state index in [0.717, 1.165) is 102 Å². The van der Waals surface area contributed by atoms with Crippen LogP contribution in [0.15, 0.2) is 36.4 Å². The Morgan fingerprint density at radius 2 is 1.19 bits per heavy atom. The average Bonchev–Trinajstić information content (AvgIpc) is 3.24. The molecule has 2 aliphatic heterocycles. The third kappa shape index (κ3) is 16.4. The number of nitro benzene ring substituents is 2. The van der Waals surface area contributed by atoms with Gasteiger partial charge in [-0.05, 0) is 127 Å². The van der Waals surface area contributed by atoms with Crippen LogP contribution in [0.25, 0.3) is 0 Å². The molecule has 4 fully saturated rings. The maximum Gasteiger partial charge on any atom is 0.308 e. The molecule has 4 aliphatic rings. The second kappa shape index (κ2) is 25.4. The van der Waals surface area contributed by atoms with Crippen LogP contribution in [-0.4, -0.2) is 72.9 Å². The number of hydrogen-bond donors (Lipinski definition) is 2. The molecule has 17 heteroatoms. The maximum absolute atomic E-state index is 13.1. The average molecular weight is 833 g/mol. The number of nitro groups is 2. The monoisotopic (exact) mass is 832 g/mol. The molecule has 59 heavy (non-hydrogen) atoms. The Kier molecular flexibility index (Phi) is 20.4. The second-order valence-corrected chi connectivity index (χ2v) is 15.2. The normalized spacial score (nSPS) is 24.2. The fourth-order valence-corrected chi connectivity index (χ4v) is 7.36. The van der Waals surface area contributed by atoms with E-state index in [-0.39, 0.29) is 66.2 Å². The van der Waals surface area contributed by atoms with Gasteiger partial charge in [0, 0.05) is 37.4 Å². The molecular weight excluding hydrogens is 771 g/mol. The minimum Gasteiger partial charge on any atom is -0.466 e. The highest BCUT2D eigenvalue weighted by molar-refractivity contribution is 5.73. The minimum atomic E-state index is -0.835. The Hall–Kier alpha value is -4.29. The molecule has 0 amide bonds. The zero-order valence-corrected chi connectivity index (χ0v) is 34.3. The standard InChI is InChI=1S/C21H30N2O6.C12H14FNO4.C9H17NO2/c1-2-27-21(24)16-7-9-17(10-8-16)22-18-11-6-15(13-19(18)23(25)26)14-29-20-5-3-4-12-28-20;13-10-5-4-9(7-11(10)14(15)16)8-18-12-3-1-2-6-17-12;1-2-12-9(11)7-3-5-8(10)6-4-7/h6,11,13,16-17,20,22H,2-5,7-10,12,14H2,1H3;4-5,7,12H,1-3,6,8H2;7-8H,2-6,10H2,1H3. The van der Waals surface area contributed by atoms with E-state index in [4.69, 9.17) is 34.2 Å². The van der Waals surface area contributed by atoms with Gasteiger partial charge in [0.2, 0.25) is 5.82 Å². The van der Waals surface area contributed by atoms with Gasteiger partial charge in [-0.25, -0.2) is 0 Å². The van der Waals surface area contributed by atoms with Crippen LogP contribution < -0.4 is 11.1 Å². The van der Waals surface area contributed by atoms with E-state index in [0.29, 0.717) is 43.7 Å². The lowest BCUT2D eigenvalue weighted by molar-refractivity contribution is -0.387. The van der Waals surface area contributed by atoms with Gasteiger partial charge in [0.15, 0.2) is 12.6 Å². The zero-order chi connectivity index (χ0) is 42.6. The molecule has 2 heterocycles. The summed E-state index contributed by atoms with van der Waals surface area (Å²) in [6, 6.07) is 9.32. The molecular formula is C42H61FN4O12. The van der Waals surface area contributed by atoms with E-state index in [1.165, 1.54) is 12.1 Å². The van der Waals surface area contributed by atoms with Gasteiger partial charge < -0.3 is 39.5 Å². The summed E-state index contributed by atoms with van der Waals surface area (Å²) in [6.07, 6.45) is 12.2. The third-order valence-corrected chi connectivity index (χ3v) is 10.7. The van der Waals surface area contributed by atoms with Crippen molar-refractivity contribution in [3.8, 4) is 0 Å². The van der Waals surface area contributed by atoms with Crippen molar-refractivity contribution in [1.82, 2.24) is 0 Å². The number of nitrogens with one attached hydrogen (secondary N) is 1. The van der Waals surface area contributed by atoms with E-state index in [2.05, 4.69) is 5.32 Å². The smallest absolute Gasteiger partial charge is 0.308 e. The van der Waals surface area contributed by atoms with Crippen LogP contribution in [-0.2, 0) is 51.2 Å². The summed E-state index contributed by atoms with van der Waals surface area (Å²) in [4.78, 5) is 44.2. The molecule has 2 unspecified atom stereocenters. The summed E-state index contributed by atoms with van der Waals surface area (Å²) in [5, 5.41) is 25.4. The lowest BCUT2D eigenvalue weighted by atomic mass is 9.86. The summed E-state index contributed by atoms with van der Waals surface area (Å²) in [5.41, 5.74) is 7.06. The molecule has 3 N–H and O–H groups in total. The van der Waals surface area contributed by atoms with Gasteiger partial charge in [-0.3, -0.25) is 29.8 Å². The fraction of sp³-hybridized carbons (Fsp3) is 0.667. The summed E-state index contributed by atoms with van der Waals surface area (Å²) in [5.74, 6) is -0.959. The van der Waals surface area contributed by atoms with Crippen LogP contribution in [0.2, 0.25) is 0 Å². The van der Waals surface area contributed by atoms with Gasteiger partial charge in [0.1, 0.15) is 5.69 Å². The molecule has 328 valence electrons. The van der Waals surface area contributed by atoms with E-state index in [9.17, 15) is 34.2 Å². The number of rotatable bonds is 14. The van der Waals surface area contributed by atoms with Crippen LogP contribution in [0.1, 0.15) is 115 Å². The van der Waals surface area contributed by atoms with Gasteiger partial charge in [-0.1, -0.05) is 12.1 Å². The van der Waals surface area contributed by atoms with E-state index in [1.807, 2.05) is 13.0 Å². The Bertz CT molecular complexity index is 1620. The molecule has 2 saturated heterocycles. The number of esters is 2. The summed E-state index contributed by atoms with van der Waals surface area (Å²) in [7, 11) is 0. The topological polar surface area (TPSA) is 214 Å². The van der Waals surface area contributed by atoms with Crippen LogP contribution in [0, 0.1) is 37.9 Å². The first-order chi connectivity index (χ1) is 28.5. The molecule has 0 spiro atoms. The predicted molar refractivity (Wildman–Crippen MR) is 215 cm³/mol. The molecule has 0 aromatic heterocycles. The SMILES string of the molecule is CCOC(=O)C1CCC(N)CC1.CCOC(=O)C1CCC(Nc2ccc(COC3CCCCO3)cc2[N+](=O)[O-])CC1.O=[N+]([O-])c1cc(COC2CCCCO2)ccc1F. The largest absolute Gasteiger partial charge is 0.466 e. The second-order valence-electron chi connectivity index (χ2n) is 15.2. The van der Waals surface area contributed by atoms with Crippen molar-refractivity contribution in [3.63, 3.8) is 0 Å². The van der Waals surface area contributed by atoms with Crippen molar-refractivity contribution in [2.75, 3.05) is 31.7 Å². The van der Waals surface area contributed by atoms with Gasteiger partial charge in [0.25, 0.3) is 5.69 Å². The van der Waals surface area contributed by atoms with Crippen LogP contribution in [0.3, 0.4) is 0 Å². The Labute approximate surface area is 345 Å². The first-order valence-electron chi connectivity index (χ1n) is 21.0.